The number of carbonyl (C=O) groups is 1. The molecular weight excluding hydrogens is 759 g/mol. The lowest BCUT2D eigenvalue weighted by Gasteiger charge is -2.52. The number of hydrogen-bond donors (Lipinski definition) is 1. The molecule has 0 bridgehead atoms. The van der Waals surface area contributed by atoms with Crippen LogP contribution in [0.3, 0.4) is 0 Å². The maximum Gasteiger partial charge on any atom is 0.274 e. The molecule has 17 heteroatoms. The molecule has 1 saturated heterocycles. The molecule has 1 aliphatic carbocycles. The second kappa shape index (κ2) is 16.6. The number of hydrogen-bond acceptors (Lipinski definition) is 14. The van der Waals surface area contributed by atoms with Crippen LogP contribution >= 0.6 is 0 Å². The zero-order valence-corrected chi connectivity index (χ0v) is 33.6. The number of benzene rings is 2. The number of piperazine rings is 1. The summed E-state index contributed by atoms with van der Waals surface area (Å²) in [6.07, 6.45) is 7.89. The zero-order chi connectivity index (χ0) is 41.3. The van der Waals surface area contributed by atoms with E-state index in [1.807, 2.05) is 4.90 Å². The van der Waals surface area contributed by atoms with Gasteiger partial charge >= 0.3 is 0 Å². The number of methoxy groups -OCH3 is 2. The molecule has 2 fully saturated rings. The molecule has 59 heavy (non-hydrogen) atoms. The Bertz CT molecular complexity index is 2430. The van der Waals surface area contributed by atoms with Gasteiger partial charge in [0, 0.05) is 63.3 Å². The van der Waals surface area contributed by atoms with Gasteiger partial charge in [-0.2, -0.15) is 5.10 Å². The fourth-order valence-electron chi connectivity index (χ4n) is 9.38. The van der Waals surface area contributed by atoms with Crippen LogP contribution < -0.4 is 35.3 Å². The normalized spacial score (nSPS) is 19.5. The van der Waals surface area contributed by atoms with Crippen LogP contribution in [0.4, 0.5) is 17.2 Å². The van der Waals surface area contributed by atoms with Crippen LogP contribution in [0.1, 0.15) is 55.7 Å². The van der Waals surface area contributed by atoms with Gasteiger partial charge in [0.2, 0.25) is 5.91 Å². The molecular formula is C42H49N9O8. The SMILES string of the molecule is CCOc1c(NCCCN2CCc3cc(OC)c(OC)cc3C23CCC(C(=O)N2CCN(c4ncnc5c4cnn5Cc4ccccc4[N+](=O)[O-])CC2)CC3)c(=O)c1=O. The number of nitro benzene ring substituents is 1. The number of amides is 1. The minimum Gasteiger partial charge on any atom is -0.493 e. The predicted octanol–water partition coefficient (Wildman–Crippen LogP) is 3.89. The van der Waals surface area contributed by atoms with Crippen LogP contribution in [0.25, 0.3) is 11.0 Å². The molecule has 3 aliphatic rings. The van der Waals surface area contributed by atoms with Gasteiger partial charge in [-0.05, 0) is 68.7 Å². The van der Waals surface area contributed by atoms with Gasteiger partial charge in [-0.1, -0.05) is 18.2 Å². The third kappa shape index (κ3) is 7.32. The summed E-state index contributed by atoms with van der Waals surface area (Å²) < 4.78 is 18.5. The van der Waals surface area contributed by atoms with E-state index in [0.717, 1.165) is 62.8 Å². The second-order valence-corrected chi connectivity index (χ2v) is 15.4. The number of fused-ring (bicyclic) bond motifs is 3. The van der Waals surface area contributed by atoms with Gasteiger partial charge in [-0.3, -0.25) is 29.4 Å². The van der Waals surface area contributed by atoms with E-state index >= 15 is 0 Å². The molecule has 0 atom stereocenters. The summed E-state index contributed by atoms with van der Waals surface area (Å²) in [7, 11) is 3.30. The standard InChI is InChI=1S/C42H49N9O8/c1-4-59-38-35(36(52)37(38)53)43-15-7-16-49-17-12-28-22-33(57-2)34(58-3)23-31(28)42(49)13-10-27(11-14-42)41(54)48-20-18-47(19-21-48)39-30-24-46-50(40(30)45-26-44-39)25-29-8-5-6-9-32(29)51(55)56/h5-6,8-9,22-24,26-27,43H,4,7,10-21,25H2,1-3H3. The second-order valence-electron chi connectivity index (χ2n) is 15.4. The molecule has 0 radical (unpaired) electrons. The smallest absolute Gasteiger partial charge is 0.274 e. The Kier molecular flexibility index (Phi) is 11.2. The third-order valence-corrected chi connectivity index (χ3v) is 12.4. The largest absolute Gasteiger partial charge is 0.493 e. The van der Waals surface area contributed by atoms with Crippen LogP contribution in [-0.2, 0) is 23.3 Å². The lowest BCUT2D eigenvalue weighted by molar-refractivity contribution is -0.385. The lowest BCUT2D eigenvalue weighted by atomic mass is 9.68. The van der Waals surface area contributed by atoms with Crippen LogP contribution in [0, 0.1) is 16.0 Å². The van der Waals surface area contributed by atoms with E-state index in [0.29, 0.717) is 62.0 Å². The summed E-state index contributed by atoms with van der Waals surface area (Å²) in [5, 5.41) is 20.0. The van der Waals surface area contributed by atoms with Gasteiger partial charge in [0.15, 0.2) is 22.9 Å². The minimum absolute atomic E-state index is 0.0310. The Balaban J connectivity index is 0.929. The van der Waals surface area contributed by atoms with Crippen LogP contribution in [0.2, 0.25) is 0 Å². The summed E-state index contributed by atoms with van der Waals surface area (Å²) in [4.78, 5) is 65.3. The maximum absolute atomic E-state index is 14.2. The molecule has 0 unspecified atom stereocenters. The first-order valence-electron chi connectivity index (χ1n) is 20.3. The number of nitrogens with one attached hydrogen (secondary N) is 1. The molecule has 3 aromatic carbocycles. The molecule has 1 spiro atoms. The van der Waals surface area contributed by atoms with E-state index in [2.05, 4.69) is 42.3 Å². The molecule has 1 amide bonds. The van der Waals surface area contributed by atoms with Gasteiger partial charge in [-0.25, -0.2) is 14.6 Å². The fourth-order valence-corrected chi connectivity index (χ4v) is 9.38. The van der Waals surface area contributed by atoms with Gasteiger partial charge in [0.1, 0.15) is 17.8 Å². The van der Waals surface area contributed by atoms with Crippen molar-refractivity contribution in [3.8, 4) is 17.2 Å². The Morgan fingerprint density at radius 3 is 2.47 bits per heavy atom. The molecule has 2 aliphatic heterocycles. The molecule has 8 rings (SSSR count). The Hall–Kier alpha value is -6.10. The predicted molar refractivity (Wildman–Crippen MR) is 220 cm³/mol. The van der Waals surface area contributed by atoms with Gasteiger partial charge in [-0.15, -0.1) is 0 Å². The Morgan fingerprint density at radius 2 is 1.75 bits per heavy atom. The number of para-hydroxylation sites is 1. The highest BCUT2D eigenvalue weighted by Gasteiger charge is 2.47. The highest BCUT2D eigenvalue weighted by molar-refractivity contribution is 5.87. The van der Waals surface area contributed by atoms with Crippen molar-refractivity contribution in [1.82, 2.24) is 29.5 Å². The van der Waals surface area contributed by atoms with Crippen molar-refractivity contribution in [2.75, 3.05) is 76.9 Å². The first-order valence-corrected chi connectivity index (χ1v) is 20.3. The summed E-state index contributed by atoms with van der Waals surface area (Å²) in [6, 6.07) is 10.8. The summed E-state index contributed by atoms with van der Waals surface area (Å²) >= 11 is 0. The maximum atomic E-state index is 14.2. The Morgan fingerprint density at radius 1 is 1.00 bits per heavy atom. The van der Waals surface area contributed by atoms with Crippen molar-refractivity contribution in [3.63, 3.8) is 0 Å². The highest BCUT2D eigenvalue weighted by atomic mass is 16.6. The highest BCUT2D eigenvalue weighted by Crippen LogP contribution is 2.50. The summed E-state index contributed by atoms with van der Waals surface area (Å²) in [5.74, 6) is 2.33. The van der Waals surface area contributed by atoms with Crippen molar-refractivity contribution in [2.45, 2.75) is 57.5 Å². The third-order valence-electron chi connectivity index (χ3n) is 12.4. The molecule has 4 heterocycles. The van der Waals surface area contributed by atoms with E-state index in [4.69, 9.17) is 14.2 Å². The molecule has 2 aromatic heterocycles. The average molecular weight is 808 g/mol. The van der Waals surface area contributed by atoms with Gasteiger partial charge in [0.05, 0.1) is 49.4 Å². The summed E-state index contributed by atoms with van der Waals surface area (Å²) in [5.41, 5.74) is 2.47. The number of rotatable bonds is 14. The molecule has 310 valence electrons. The van der Waals surface area contributed by atoms with Crippen LogP contribution in [0.5, 0.6) is 17.2 Å². The first kappa shape index (κ1) is 39.7. The van der Waals surface area contributed by atoms with E-state index in [1.165, 1.54) is 23.5 Å². The number of carbonyl (C=O) groups excluding carboxylic acids is 1. The van der Waals surface area contributed by atoms with Crippen molar-refractivity contribution < 1.29 is 23.9 Å². The molecule has 17 nitrogen and oxygen atoms in total. The lowest BCUT2D eigenvalue weighted by Crippen LogP contribution is -2.55. The molecule has 1 saturated carbocycles. The number of anilines is 2. The van der Waals surface area contributed by atoms with Crippen molar-refractivity contribution in [2.24, 2.45) is 5.92 Å². The molecule has 5 aromatic rings. The quantitative estimate of drug-likeness (QED) is 0.0737. The molecule has 1 N–H and O–H groups in total. The zero-order valence-electron chi connectivity index (χ0n) is 33.6. The van der Waals surface area contributed by atoms with Gasteiger partial charge in [0.25, 0.3) is 16.5 Å². The van der Waals surface area contributed by atoms with Gasteiger partial charge < -0.3 is 29.3 Å². The van der Waals surface area contributed by atoms with Crippen molar-refractivity contribution in [3.05, 3.63) is 96.2 Å². The Labute approximate surface area is 340 Å². The van der Waals surface area contributed by atoms with E-state index < -0.39 is 15.8 Å². The number of nitrogens with zero attached hydrogens (tertiary/aromatic N) is 8. The number of ether oxygens (including phenoxy) is 3. The average Bonchev–Trinajstić information content (AvgIpc) is 3.68. The first-order chi connectivity index (χ1) is 28.7. The van der Waals surface area contributed by atoms with Crippen LogP contribution in [-0.4, -0.2) is 107 Å². The number of aromatic nitrogens is 4. The monoisotopic (exact) mass is 807 g/mol. The fraction of sp³-hybridized carbons (Fsp3) is 0.476. The van der Waals surface area contributed by atoms with E-state index in [9.17, 15) is 24.5 Å². The van der Waals surface area contributed by atoms with E-state index in [1.54, 1.807) is 50.2 Å². The summed E-state index contributed by atoms with van der Waals surface area (Å²) in [6.45, 7) is 6.75. The van der Waals surface area contributed by atoms with Crippen molar-refractivity contribution in [1.29, 1.82) is 0 Å². The minimum atomic E-state index is -0.577. The van der Waals surface area contributed by atoms with Crippen molar-refractivity contribution >= 4 is 34.1 Å². The topological polar surface area (TPSA) is 187 Å². The number of nitro groups is 1. The van der Waals surface area contributed by atoms with E-state index in [-0.39, 0.29) is 41.0 Å². The van der Waals surface area contributed by atoms with Crippen LogP contribution in [0.15, 0.2) is 58.5 Å².